The molecule has 1 aliphatic carbocycles. The molecule has 19 heavy (non-hydrogen) atoms. The van der Waals surface area contributed by atoms with Gasteiger partial charge in [-0.2, -0.15) is 0 Å². The third-order valence-corrected chi connectivity index (χ3v) is 4.41. The molecule has 0 spiro atoms. The van der Waals surface area contributed by atoms with E-state index in [4.69, 9.17) is 4.74 Å². The van der Waals surface area contributed by atoms with Gasteiger partial charge in [0.15, 0.2) is 0 Å². The fourth-order valence-corrected chi connectivity index (χ4v) is 3.52. The molecule has 1 saturated carbocycles. The van der Waals surface area contributed by atoms with E-state index in [2.05, 4.69) is 0 Å². The van der Waals surface area contributed by atoms with E-state index in [1.54, 1.807) is 6.92 Å². The van der Waals surface area contributed by atoms with Crippen molar-refractivity contribution >= 4 is 11.9 Å². The van der Waals surface area contributed by atoms with Crippen LogP contribution in [0.3, 0.4) is 0 Å². The summed E-state index contributed by atoms with van der Waals surface area (Å²) in [4.78, 5) is 25.6. The number of piperidine rings is 1. The molecule has 0 radical (unpaired) electrons. The number of nitrogens with zero attached hydrogens (tertiary/aromatic N) is 1. The van der Waals surface area contributed by atoms with E-state index < -0.39 is 0 Å². The average molecular weight is 267 g/mol. The van der Waals surface area contributed by atoms with Gasteiger partial charge in [0, 0.05) is 19.0 Å². The van der Waals surface area contributed by atoms with Crippen LogP contribution in [0.4, 0.5) is 0 Å². The third-order valence-electron chi connectivity index (χ3n) is 4.41. The molecule has 1 heterocycles. The lowest BCUT2D eigenvalue weighted by molar-refractivity contribution is -0.147. The summed E-state index contributed by atoms with van der Waals surface area (Å²) < 4.78 is 4.88. The quantitative estimate of drug-likeness (QED) is 0.735. The summed E-state index contributed by atoms with van der Waals surface area (Å²) in [5.41, 5.74) is 0. The van der Waals surface area contributed by atoms with Crippen LogP contribution in [0.15, 0.2) is 0 Å². The number of ether oxygens (including phenoxy) is 1. The van der Waals surface area contributed by atoms with Gasteiger partial charge in [-0.15, -0.1) is 0 Å². The van der Waals surface area contributed by atoms with Gasteiger partial charge in [0.2, 0.25) is 5.91 Å². The van der Waals surface area contributed by atoms with Crippen molar-refractivity contribution in [2.75, 3.05) is 13.2 Å². The maximum absolute atomic E-state index is 12.3. The van der Waals surface area contributed by atoms with E-state index in [1.807, 2.05) is 4.90 Å². The van der Waals surface area contributed by atoms with E-state index in [0.29, 0.717) is 25.0 Å². The summed E-state index contributed by atoms with van der Waals surface area (Å²) in [6.45, 7) is 3.06. The molecule has 1 saturated heterocycles. The molecule has 0 aromatic rings. The Kier molecular flexibility index (Phi) is 5.23. The zero-order valence-corrected chi connectivity index (χ0v) is 11.9. The van der Waals surface area contributed by atoms with Crippen molar-refractivity contribution in [1.82, 2.24) is 4.90 Å². The van der Waals surface area contributed by atoms with Crippen molar-refractivity contribution in [3.63, 3.8) is 0 Å². The maximum Gasteiger partial charge on any atom is 0.306 e. The normalized spacial score (nSPS) is 26.7. The Morgan fingerprint density at radius 1 is 1.11 bits per heavy atom. The van der Waals surface area contributed by atoms with Crippen LogP contribution in [0.25, 0.3) is 0 Å². The number of fused-ring (bicyclic) bond motifs is 1. The van der Waals surface area contributed by atoms with Gasteiger partial charge in [0.1, 0.15) is 0 Å². The SMILES string of the molecule is CCOC(=O)CCC(=O)N1CCC[C@@H]2CCCC[C@@H]21. The van der Waals surface area contributed by atoms with Crippen LogP contribution < -0.4 is 0 Å². The lowest BCUT2D eigenvalue weighted by Gasteiger charge is -2.44. The lowest BCUT2D eigenvalue weighted by atomic mass is 9.78. The fraction of sp³-hybridized carbons (Fsp3) is 0.867. The molecule has 0 aromatic carbocycles. The Morgan fingerprint density at radius 2 is 1.84 bits per heavy atom. The Bertz CT molecular complexity index is 327. The summed E-state index contributed by atoms with van der Waals surface area (Å²) in [6.07, 6.45) is 7.89. The minimum absolute atomic E-state index is 0.143. The van der Waals surface area contributed by atoms with Crippen LogP contribution in [-0.4, -0.2) is 36.0 Å². The van der Waals surface area contributed by atoms with Crippen molar-refractivity contribution in [3.05, 3.63) is 0 Å². The summed E-state index contributed by atoms with van der Waals surface area (Å²) in [5.74, 6) is 0.590. The van der Waals surface area contributed by atoms with Gasteiger partial charge in [-0.25, -0.2) is 0 Å². The van der Waals surface area contributed by atoms with Gasteiger partial charge in [0.25, 0.3) is 0 Å². The number of rotatable bonds is 4. The molecule has 2 atom stereocenters. The summed E-state index contributed by atoms with van der Waals surface area (Å²) in [6, 6.07) is 0.442. The molecule has 4 heteroatoms. The van der Waals surface area contributed by atoms with Gasteiger partial charge >= 0.3 is 5.97 Å². The minimum Gasteiger partial charge on any atom is -0.466 e. The summed E-state index contributed by atoms with van der Waals surface area (Å²) >= 11 is 0. The van der Waals surface area contributed by atoms with Crippen LogP contribution in [0, 0.1) is 5.92 Å². The number of carbonyl (C=O) groups is 2. The molecule has 108 valence electrons. The molecule has 0 bridgehead atoms. The predicted molar refractivity (Wildman–Crippen MR) is 72.6 cm³/mol. The third kappa shape index (κ3) is 3.71. The highest BCUT2D eigenvalue weighted by Crippen LogP contribution is 2.35. The molecular weight excluding hydrogens is 242 g/mol. The fourth-order valence-electron chi connectivity index (χ4n) is 3.52. The highest BCUT2D eigenvalue weighted by atomic mass is 16.5. The number of carbonyl (C=O) groups excluding carboxylic acids is 2. The van der Waals surface area contributed by atoms with Crippen LogP contribution >= 0.6 is 0 Å². The second-order valence-corrected chi connectivity index (χ2v) is 5.65. The van der Waals surface area contributed by atoms with Crippen LogP contribution in [0.2, 0.25) is 0 Å². The predicted octanol–water partition coefficient (Wildman–Crippen LogP) is 2.51. The Hall–Kier alpha value is -1.06. The van der Waals surface area contributed by atoms with Crippen LogP contribution in [-0.2, 0) is 14.3 Å². The van der Waals surface area contributed by atoms with E-state index >= 15 is 0 Å². The van der Waals surface area contributed by atoms with E-state index in [-0.39, 0.29) is 18.3 Å². The molecule has 0 unspecified atom stereocenters. The van der Waals surface area contributed by atoms with E-state index in [9.17, 15) is 9.59 Å². The smallest absolute Gasteiger partial charge is 0.306 e. The van der Waals surface area contributed by atoms with Gasteiger partial charge in [-0.05, 0) is 38.5 Å². The largest absolute Gasteiger partial charge is 0.466 e. The van der Waals surface area contributed by atoms with Gasteiger partial charge in [0.05, 0.1) is 13.0 Å². The highest BCUT2D eigenvalue weighted by molar-refractivity contribution is 5.81. The number of hydrogen-bond acceptors (Lipinski definition) is 3. The first kappa shape index (κ1) is 14.4. The van der Waals surface area contributed by atoms with Crippen molar-refractivity contribution in [3.8, 4) is 0 Å². The number of esters is 1. The average Bonchev–Trinajstić information content (AvgIpc) is 2.44. The van der Waals surface area contributed by atoms with Crippen molar-refractivity contribution in [2.45, 2.75) is 64.3 Å². The second kappa shape index (κ2) is 6.92. The molecule has 4 nitrogen and oxygen atoms in total. The van der Waals surface area contributed by atoms with Crippen molar-refractivity contribution in [1.29, 1.82) is 0 Å². The Balaban J connectivity index is 1.85. The zero-order valence-electron chi connectivity index (χ0n) is 11.9. The molecule has 0 aromatic heterocycles. The molecule has 2 aliphatic rings. The van der Waals surface area contributed by atoms with Gasteiger partial charge < -0.3 is 9.64 Å². The Labute approximate surface area is 115 Å². The molecule has 0 N–H and O–H groups in total. The highest BCUT2D eigenvalue weighted by Gasteiger charge is 2.35. The first-order valence-electron chi connectivity index (χ1n) is 7.67. The van der Waals surface area contributed by atoms with Crippen LogP contribution in [0.1, 0.15) is 58.3 Å². The minimum atomic E-state index is -0.256. The maximum atomic E-state index is 12.3. The number of hydrogen-bond donors (Lipinski definition) is 0. The number of likely N-dealkylation sites (tertiary alicyclic amines) is 1. The van der Waals surface area contributed by atoms with Crippen molar-refractivity contribution < 1.29 is 14.3 Å². The topological polar surface area (TPSA) is 46.6 Å². The lowest BCUT2D eigenvalue weighted by Crippen LogP contribution is -2.49. The molecule has 2 fully saturated rings. The monoisotopic (exact) mass is 267 g/mol. The van der Waals surface area contributed by atoms with E-state index in [1.165, 1.54) is 25.7 Å². The first-order chi connectivity index (χ1) is 9.22. The van der Waals surface area contributed by atoms with E-state index in [0.717, 1.165) is 19.4 Å². The molecule has 2 rings (SSSR count). The second-order valence-electron chi connectivity index (χ2n) is 5.65. The molecular formula is C15H25NO3. The first-order valence-corrected chi connectivity index (χ1v) is 7.67. The van der Waals surface area contributed by atoms with Gasteiger partial charge in [-0.1, -0.05) is 12.8 Å². The molecule has 1 aliphatic heterocycles. The summed E-state index contributed by atoms with van der Waals surface area (Å²) in [5, 5.41) is 0. The summed E-state index contributed by atoms with van der Waals surface area (Å²) in [7, 11) is 0. The molecule has 1 amide bonds. The Morgan fingerprint density at radius 3 is 2.63 bits per heavy atom. The zero-order chi connectivity index (χ0) is 13.7. The van der Waals surface area contributed by atoms with Gasteiger partial charge in [-0.3, -0.25) is 9.59 Å². The van der Waals surface area contributed by atoms with Crippen molar-refractivity contribution in [2.24, 2.45) is 5.92 Å². The number of amides is 1. The van der Waals surface area contributed by atoms with Crippen LogP contribution in [0.5, 0.6) is 0 Å². The standard InChI is InChI=1S/C15H25NO3/c1-2-19-15(18)10-9-14(17)16-11-5-7-12-6-3-4-8-13(12)16/h12-13H,2-11H2,1H3/t12-,13-/m0/s1.